The van der Waals surface area contributed by atoms with E-state index in [1.165, 1.54) is 10.9 Å². The van der Waals surface area contributed by atoms with Crippen LogP contribution in [0.2, 0.25) is 0 Å². The molecule has 2 aromatic rings. The third kappa shape index (κ3) is 3.36. The van der Waals surface area contributed by atoms with Gasteiger partial charge >= 0.3 is 0 Å². The van der Waals surface area contributed by atoms with E-state index in [-0.39, 0.29) is 28.9 Å². The van der Waals surface area contributed by atoms with Crippen molar-refractivity contribution >= 4 is 23.0 Å². The topological polar surface area (TPSA) is 191 Å². The Balaban J connectivity index is 2.02. The summed E-state index contributed by atoms with van der Waals surface area (Å²) in [6, 6.07) is -1.02. The van der Waals surface area contributed by atoms with E-state index in [1.807, 2.05) is 0 Å². The molecule has 13 nitrogen and oxygen atoms in total. The molecule has 3 rings (SSSR count). The minimum absolute atomic E-state index is 0.0267. The highest BCUT2D eigenvalue weighted by molar-refractivity contribution is 5.91. The molecule has 0 bridgehead atoms. The van der Waals surface area contributed by atoms with Gasteiger partial charge in [0.25, 0.3) is 5.56 Å². The summed E-state index contributed by atoms with van der Waals surface area (Å²) in [5.41, 5.74) is 8.08. The second-order valence-corrected chi connectivity index (χ2v) is 6.32. The van der Waals surface area contributed by atoms with E-state index in [2.05, 4.69) is 30.3 Å². The van der Waals surface area contributed by atoms with Crippen LogP contribution in [0.5, 0.6) is 0 Å². The van der Waals surface area contributed by atoms with Crippen LogP contribution in [-0.4, -0.2) is 60.5 Å². The molecule has 1 saturated heterocycles. The zero-order chi connectivity index (χ0) is 19.7. The average Bonchev–Trinajstić information content (AvgIpc) is 3.17. The minimum atomic E-state index is -1.30. The van der Waals surface area contributed by atoms with Crippen molar-refractivity contribution in [3.05, 3.63) is 27.1 Å². The van der Waals surface area contributed by atoms with Crippen LogP contribution in [0.4, 0.5) is 5.95 Å². The van der Waals surface area contributed by atoms with Crippen molar-refractivity contribution < 1.29 is 19.7 Å². The normalized spacial score (nSPS) is 24.9. The van der Waals surface area contributed by atoms with Crippen LogP contribution in [0.1, 0.15) is 20.1 Å². The highest BCUT2D eigenvalue weighted by atomic mass is 16.5. The molecule has 3 heterocycles. The Morgan fingerprint density at radius 2 is 2.33 bits per heavy atom. The van der Waals surface area contributed by atoms with E-state index in [0.29, 0.717) is 0 Å². The van der Waals surface area contributed by atoms with E-state index in [1.54, 1.807) is 13.8 Å². The van der Waals surface area contributed by atoms with E-state index in [9.17, 15) is 19.8 Å². The number of hydrogen-bond acceptors (Lipinski definition) is 8. The predicted molar refractivity (Wildman–Crippen MR) is 91.6 cm³/mol. The first-order valence-corrected chi connectivity index (χ1v) is 8.13. The van der Waals surface area contributed by atoms with Crippen LogP contribution in [0, 0.1) is 5.92 Å². The molecule has 1 amide bonds. The van der Waals surface area contributed by atoms with Crippen molar-refractivity contribution in [2.75, 3.05) is 11.9 Å². The van der Waals surface area contributed by atoms with Gasteiger partial charge in [-0.1, -0.05) is 19.0 Å². The van der Waals surface area contributed by atoms with Gasteiger partial charge in [-0.15, -0.1) is 0 Å². The number of carbonyl (C=O) groups excluding carboxylic acids is 1. The smallest absolute Gasteiger partial charge is 0.280 e. The number of imidazole rings is 1. The number of ether oxygens (including phenoxy) is 1. The van der Waals surface area contributed by atoms with Gasteiger partial charge in [0.15, 0.2) is 17.4 Å². The van der Waals surface area contributed by atoms with Crippen LogP contribution in [0.3, 0.4) is 0 Å². The summed E-state index contributed by atoms with van der Waals surface area (Å²) in [6.07, 6.45) is -2.09. The number of aliphatic hydroxyl groups is 2. The van der Waals surface area contributed by atoms with Crippen molar-refractivity contribution in [2.24, 2.45) is 11.0 Å². The van der Waals surface area contributed by atoms with Gasteiger partial charge < -0.3 is 14.9 Å². The molecule has 1 aliphatic heterocycles. The molecule has 2 aromatic heterocycles. The van der Waals surface area contributed by atoms with Gasteiger partial charge in [0, 0.05) is 10.8 Å². The van der Waals surface area contributed by atoms with Gasteiger partial charge in [-0.05, 0) is 5.53 Å². The van der Waals surface area contributed by atoms with Crippen LogP contribution in [0.25, 0.3) is 21.6 Å². The summed E-state index contributed by atoms with van der Waals surface area (Å²) < 4.78 is 6.85. The zero-order valence-corrected chi connectivity index (χ0v) is 14.5. The van der Waals surface area contributed by atoms with E-state index < -0.39 is 36.6 Å². The number of amides is 1. The molecule has 0 aliphatic carbocycles. The molecular weight excluding hydrogens is 360 g/mol. The molecular formula is C14H18N8O5. The highest BCUT2D eigenvalue weighted by Crippen LogP contribution is 2.32. The van der Waals surface area contributed by atoms with Gasteiger partial charge in [0.05, 0.1) is 25.1 Å². The molecule has 0 saturated carbocycles. The summed E-state index contributed by atoms with van der Waals surface area (Å²) >= 11 is 0. The fourth-order valence-corrected chi connectivity index (χ4v) is 2.74. The molecule has 4 atom stereocenters. The highest BCUT2D eigenvalue weighted by Gasteiger charge is 2.44. The number of carbonyl (C=O) groups is 1. The van der Waals surface area contributed by atoms with Crippen molar-refractivity contribution in [3.63, 3.8) is 0 Å². The molecule has 1 aliphatic rings. The Morgan fingerprint density at radius 1 is 1.59 bits per heavy atom. The van der Waals surface area contributed by atoms with Crippen molar-refractivity contribution in [1.82, 2.24) is 19.5 Å². The standard InChI is InChI=1S/C14H18N8O5/c1-5(2)11(25)18-14-17-10-8(12(26)19-14)16-4-22(10)13-9(24)7(20-21-15)6(3-23)27-13/h4-7,9,13,23-24H,3H2,1-2H3,(H2,17,18,19,25,26)/t6-,7-,9-,13-/m1/s1. The van der Waals surface area contributed by atoms with E-state index >= 15 is 0 Å². The maximum absolute atomic E-state index is 12.2. The molecule has 0 spiro atoms. The number of aliphatic hydroxyl groups excluding tert-OH is 2. The molecule has 13 heteroatoms. The number of anilines is 1. The third-order valence-electron chi connectivity index (χ3n) is 4.17. The lowest BCUT2D eigenvalue weighted by atomic mass is 10.1. The molecule has 0 radical (unpaired) electrons. The molecule has 1 fully saturated rings. The Hall–Kier alpha value is -2.99. The third-order valence-corrected chi connectivity index (χ3v) is 4.17. The number of azide groups is 1. The first-order chi connectivity index (χ1) is 12.9. The summed E-state index contributed by atoms with van der Waals surface area (Å²) in [5.74, 6) is -0.749. The van der Waals surface area contributed by atoms with Crippen LogP contribution in [-0.2, 0) is 9.53 Å². The maximum Gasteiger partial charge on any atom is 0.280 e. The maximum atomic E-state index is 12.2. The fourth-order valence-electron chi connectivity index (χ4n) is 2.74. The number of hydrogen-bond donors (Lipinski definition) is 4. The monoisotopic (exact) mass is 378 g/mol. The average molecular weight is 378 g/mol. The van der Waals surface area contributed by atoms with E-state index in [0.717, 1.165) is 0 Å². The van der Waals surface area contributed by atoms with Crippen LogP contribution in [0.15, 0.2) is 16.2 Å². The number of aromatic nitrogens is 4. The quantitative estimate of drug-likeness (QED) is 0.310. The molecule has 4 N–H and O–H groups in total. The molecule has 144 valence electrons. The van der Waals surface area contributed by atoms with Gasteiger partial charge in [-0.2, -0.15) is 4.98 Å². The largest absolute Gasteiger partial charge is 0.394 e. The lowest BCUT2D eigenvalue weighted by Crippen LogP contribution is -2.31. The predicted octanol–water partition coefficient (Wildman–Crippen LogP) is -0.356. The fraction of sp³-hybridized carbons (Fsp3) is 0.571. The number of nitrogens with zero attached hydrogens (tertiary/aromatic N) is 6. The molecule has 27 heavy (non-hydrogen) atoms. The summed E-state index contributed by atoms with van der Waals surface area (Å²) in [6.45, 7) is 2.89. The number of nitrogens with one attached hydrogen (secondary N) is 2. The number of rotatable bonds is 5. The summed E-state index contributed by atoms with van der Waals surface area (Å²) in [7, 11) is 0. The van der Waals surface area contributed by atoms with Crippen LogP contribution >= 0.6 is 0 Å². The first-order valence-electron chi connectivity index (χ1n) is 8.13. The van der Waals surface area contributed by atoms with E-state index in [4.69, 9.17) is 10.3 Å². The van der Waals surface area contributed by atoms with Crippen molar-refractivity contribution in [3.8, 4) is 0 Å². The van der Waals surface area contributed by atoms with Gasteiger partial charge in [0.2, 0.25) is 11.9 Å². The van der Waals surface area contributed by atoms with Gasteiger partial charge in [-0.25, -0.2) is 4.98 Å². The Labute approximate surface area is 151 Å². The van der Waals surface area contributed by atoms with Gasteiger partial charge in [0.1, 0.15) is 6.10 Å². The number of fused-ring (bicyclic) bond motifs is 1. The summed E-state index contributed by atoms with van der Waals surface area (Å²) in [4.78, 5) is 37.3. The Bertz CT molecular complexity index is 962. The lowest BCUT2D eigenvalue weighted by Gasteiger charge is -2.17. The van der Waals surface area contributed by atoms with Crippen LogP contribution < -0.4 is 10.9 Å². The summed E-state index contributed by atoms with van der Waals surface area (Å²) in [5, 5.41) is 25.8. The Kier molecular flexibility index (Phi) is 5.10. The second kappa shape index (κ2) is 7.32. The van der Waals surface area contributed by atoms with Gasteiger partial charge in [-0.3, -0.25) is 24.5 Å². The number of H-pyrrole nitrogens is 1. The van der Waals surface area contributed by atoms with Crippen molar-refractivity contribution in [1.29, 1.82) is 0 Å². The SMILES string of the molecule is CC(C)C(=O)Nc1nc2c(ncn2[C@@H]2O[C@H](CO)[C@@H](N=[N+]=[N-])[C@H]2O)c(=O)[nH]1. The number of aromatic amines is 1. The zero-order valence-electron chi connectivity index (χ0n) is 14.5. The Morgan fingerprint density at radius 3 is 2.96 bits per heavy atom. The van der Waals surface area contributed by atoms with Crippen molar-refractivity contribution in [2.45, 2.75) is 38.3 Å². The minimum Gasteiger partial charge on any atom is -0.394 e. The second-order valence-electron chi connectivity index (χ2n) is 6.32. The first kappa shape index (κ1) is 18.8. The lowest BCUT2D eigenvalue weighted by molar-refractivity contribution is -0.118. The molecule has 0 aromatic carbocycles. The molecule has 0 unspecified atom stereocenters.